The highest BCUT2D eigenvalue weighted by Gasteiger charge is 2.33. The minimum absolute atomic E-state index is 0.253. The van der Waals surface area contributed by atoms with Gasteiger partial charge in [-0.3, -0.25) is 5.32 Å². The molecule has 0 amide bonds. The average Bonchev–Trinajstić information content (AvgIpc) is 2.44. The van der Waals surface area contributed by atoms with Crippen molar-refractivity contribution in [2.24, 2.45) is 5.92 Å². The van der Waals surface area contributed by atoms with Crippen LogP contribution < -0.4 is 5.32 Å². The van der Waals surface area contributed by atoms with Crippen LogP contribution in [0.3, 0.4) is 0 Å². The van der Waals surface area contributed by atoms with Gasteiger partial charge in [0.1, 0.15) is 5.54 Å². The first-order chi connectivity index (χ1) is 9.89. The lowest BCUT2D eigenvalue weighted by Crippen LogP contribution is -2.52. The lowest BCUT2D eigenvalue weighted by atomic mass is 9.89. The van der Waals surface area contributed by atoms with Gasteiger partial charge in [-0.25, -0.2) is 0 Å². The number of nitrogens with zero attached hydrogens (tertiary/aromatic N) is 2. The zero-order valence-corrected chi connectivity index (χ0v) is 14.1. The normalized spacial score (nSPS) is 14.4. The zero-order valence-electron chi connectivity index (χ0n) is 14.1. The topological polar surface area (TPSA) is 39.1 Å². The number of nitriles is 1. The second kappa shape index (κ2) is 8.17. The lowest BCUT2D eigenvalue weighted by molar-refractivity contribution is 0.229. The van der Waals surface area contributed by atoms with Crippen LogP contribution in [0.15, 0.2) is 30.3 Å². The van der Waals surface area contributed by atoms with Crippen molar-refractivity contribution in [1.29, 1.82) is 5.26 Å². The van der Waals surface area contributed by atoms with E-state index in [1.165, 1.54) is 0 Å². The minimum Gasteiger partial charge on any atom is -0.303 e. The Kier molecular flexibility index (Phi) is 6.87. The molecule has 3 nitrogen and oxygen atoms in total. The standard InChI is InChI=1S/C18H29N3/c1-15(2)11-12-21(5)14-18(13-19,20-16(3)4)17-9-7-6-8-10-17/h6-10,15-16,20H,11-12,14H2,1-5H3. The summed E-state index contributed by atoms with van der Waals surface area (Å²) in [5.74, 6) is 0.679. The highest BCUT2D eigenvalue weighted by atomic mass is 15.2. The molecule has 0 aliphatic rings. The van der Waals surface area contributed by atoms with E-state index in [9.17, 15) is 5.26 Å². The van der Waals surface area contributed by atoms with Gasteiger partial charge in [0.2, 0.25) is 0 Å². The van der Waals surface area contributed by atoms with Crippen molar-refractivity contribution in [1.82, 2.24) is 10.2 Å². The third kappa shape index (κ3) is 5.49. The van der Waals surface area contributed by atoms with E-state index in [0.29, 0.717) is 12.5 Å². The molecule has 0 saturated heterocycles. The van der Waals surface area contributed by atoms with Crippen molar-refractivity contribution in [3.05, 3.63) is 35.9 Å². The molecule has 0 aromatic heterocycles. The Morgan fingerprint density at radius 2 is 1.81 bits per heavy atom. The molecule has 1 aromatic carbocycles. The van der Waals surface area contributed by atoms with Crippen molar-refractivity contribution in [3.63, 3.8) is 0 Å². The number of hydrogen-bond donors (Lipinski definition) is 1. The summed E-state index contributed by atoms with van der Waals surface area (Å²) >= 11 is 0. The number of likely N-dealkylation sites (N-methyl/N-ethyl adjacent to an activating group) is 1. The van der Waals surface area contributed by atoms with Crippen LogP contribution in [-0.2, 0) is 5.54 Å². The predicted octanol–water partition coefficient (Wildman–Crippen LogP) is 3.38. The van der Waals surface area contributed by atoms with Crippen LogP contribution in [0.1, 0.15) is 39.7 Å². The fourth-order valence-corrected chi connectivity index (χ4v) is 2.53. The molecule has 1 unspecified atom stereocenters. The van der Waals surface area contributed by atoms with Crippen LogP contribution in [0.4, 0.5) is 0 Å². The van der Waals surface area contributed by atoms with E-state index in [4.69, 9.17) is 0 Å². The first-order valence-electron chi connectivity index (χ1n) is 7.82. The number of rotatable bonds is 8. The molecule has 1 aromatic rings. The van der Waals surface area contributed by atoms with E-state index in [1.807, 2.05) is 30.3 Å². The summed E-state index contributed by atoms with van der Waals surface area (Å²) in [6.07, 6.45) is 1.15. The molecule has 0 heterocycles. The molecule has 0 radical (unpaired) electrons. The molecule has 0 spiro atoms. The molecule has 1 N–H and O–H groups in total. The zero-order chi connectivity index (χ0) is 15.9. The second-order valence-corrected chi connectivity index (χ2v) is 6.60. The first-order valence-corrected chi connectivity index (χ1v) is 7.82. The monoisotopic (exact) mass is 287 g/mol. The maximum atomic E-state index is 9.87. The van der Waals surface area contributed by atoms with Crippen LogP contribution in [0.2, 0.25) is 0 Å². The fourth-order valence-electron chi connectivity index (χ4n) is 2.53. The molecule has 21 heavy (non-hydrogen) atoms. The summed E-state index contributed by atoms with van der Waals surface area (Å²) in [5.41, 5.74) is 0.388. The molecular formula is C18H29N3. The van der Waals surface area contributed by atoms with Gasteiger partial charge in [0.15, 0.2) is 0 Å². The fraction of sp³-hybridized carbons (Fsp3) is 0.611. The van der Waals surface area contributed by atoms with Gasteiger partial charge in [-0.1, -0.05) is 44.2 Å². The van der Waals surface area contributed by atoms with E-state index in [-0.39, 0.29) is 6.04 Å². The predicted molar refractivity (Wildman–Crippen MR) is 89.0 cm³/mol. The summed E-state index contributed by atoms with van der Waals surface area (Å²) < 4.78 is 0. The summed E-state index contributed by atoms with van der Waals surface area (Å²) in [6.45, 7) is 10.3. The first kappa shape index (κ1) is 17.7. The Hall–Kier alpha value is -1.37. The van der Waals surface area contributed by atoms with Crippen molar-refractivity contribution in [2.75, 3.05) is 20.1 Å². The van der Waals surface area contributed by atoms with Gasteiger partial charge in [0.05, 0.1) is 6.07 Å². The largest absolute Gasteiger partial charge is 0.303 e. The molecule has 0 fully saturated rings. The summed E-state index contributed by atoms with van der Waals surface area (Å²) in [4.78, 5) is 2.26. The van der Waals surface area contributed by atoms with Crippen molar-refractivity contribution < 1.29 is 0 Å². The lowest BCUT2D eigenvalue weighted by Gasteiger charge is -2.34. The van der Waals surface area contributed by atoms with E-state index in [1.54, 1.807) is 0 Å². The van der Waals surface area contributed by atoms with E-state index >= 15 is 0 Å². The third-order valence-electron chi connectivity index (χ3n) is 3.59. The van der Waals surface area contributed by atoms with Gasteiger partial charge in [-0.05, 0) is 45.3 Å². The number of hydrogen-bond acceptors (Lipinski definition) is 3. The van der Waals surface area contributed by atoms with E-state index < -0.39 is 5.54 Å². The average molecular weight is 287 g/mol. The van der Waals surface area contributed by atoms with Crippen LogP contribution in [0.5, 0.6) is 0 Å². The molecule has 1 rings (SSSR count). The van der Waals surface area contributed by atoms with Gasteiger partial charge in [0, 0.05) is 12.6 Å². The Labute approximate surface area is 130 Å². The Morgan fingerprint density at radius 1 is 1.19 bits per heavy atom. The van der Waals surface area contributed by atoms with Crippen LogP contribution >= 0.6 is 0 Å². The molecular weight excluding hydrogens is 258 g/mol. The highest BCUT2D eigenvalue weighted by Crippen LogP contribution is 2.23. The third-order valence-corrected chi connectivity index (χ3v) is 3.59. The molecule has 0 aliphatic carbocycles. The Balaban J connectivity index is 2.94. The Morgan fingerprint density at radius 3 is 2.29 bits per heavy atom. The van der Waals surface area contributed by atoms with Crippen molar-refractivity contribution in [3.8, 4) is 6.07 Å². The van der Waals surface area contributed by atoms with Gasteiger partial charge in [-0.15, -0.1) is 0 Å². The second-order valence-electron chi connectivity index (χ2n) is 6.60. The van der Waals surface area contributed by atoms with Gasteiger partial charge < -0.3 is 4.90 Å². The van der Waals surface area contributed by atoms with Crippen molar-refractivity contribution in [2.45, 2.75) is 45.7 Å². The van der Waals surface area contributed by atoms with Crippen LogP contribution in [0.25, 0.3) is 0 Å². The molecule has 0 saturated carbocycles. The minimum atomic E-state index is -0.652. The smallest absolute Gasteiger partial charge is 0.145 e. The molecule has 116 valence electrons. The van der Waals surface area contributed by atoms with Crippen LogP contribution in [0, 0.1) is 17.2 Å². The SMILES string of the molecule is CC(C)CCN(C)CC(C#N)(NC(C)C)c1ccccc1. The van der Waals surface area contributed by atoms with E-state index in [2.05, 4.69) is 51.0 Å². The van der Waals surface area contributed by atoms with E-state index in [0.717, 1.165) is 18.5 Å². The maximum Gasteiger partial charge on any atom is 0.145 e. The molecule has 1 atom stereocenters. The van der Waals surface area contributed by atoms with Crippen LogP contribution in [-0.4, -0.2) is 31.1 Å². The highest BCUT2D eigenvalue weighted by molar-refractivity contribution is 5.32. The molecule has 0 bridgehead atoms. The quantitative estimate of drug-likeness (QED) is 0.796. The summed E-state index contributed by atoms with van der Waals surface area (Å²) in [6, 6.07) is 12.8. The molecule has 0 aliphatic heterocycles. The summed E-state index contributed by atoms with van der Waals surface area (Å²) in [5, 5.41) is 13.3. The molecule has 3 heteroatoms. The number of nitrogens with one attached hydrogen (secondary N) is 1. The van der Waals surface area contributed by atoms with Gasteiger partial charge in [-0.2, -0.15) is 5.26 Å². The Bertz CT molecular complexity index is 447. The number of benzene rings is 1. The van der Waals surface area contributed by atoms with Gasteiger partial charge >= 0.3 is 0 Å². The maximum absolute atomic E-state index is 9.87. The van der Waals surface area contributed by atoms with Gasteiger partial charge in [0.25, 0.3) is 0 Å². The van der Waals surface area contributed by atoms with Crippen molar-refractivity contribution >= 4 is 0 Å². The summed E-state index contributed by atoms with van der Waals surface area (Å²) in [7, 11) is 2.10.